The average Bonchev–Trinajstić information content (AvgIpc) is 2.96. The van der Waals surface area contributed by atoms with E-state index in [4.69, 9.17) is 9.47 Å². The molecule has 0 saturated carbocycles. The van der Waals surface area contributed by atoms with E-state index in [0.29, 0.717) is 6.61 Å². The Morgan fingerprint density at radius 1 is 1.00 bits per heavy atom. The van der Waals surface area contributed by atoms with Crippen molar-refractivity contribution in [1.29, 1.82) is 0 Å². The van der Waals surface area contributed by atoms with Crippen molar-refractivity contribution in [3.05, 3.63) is 58.1 Å². The number of fused-ring (bicyclic) bond motifs is 1. The highest BCUT2D eigenvalue weighted by Crippen LogP contribution is 2.40. The summed E-state index contributed by atoms with van der Waals surface area (Å²) in [5.74, 6) is 2.10. The molecule has 2 heteroatoms. The summed E-state index contributed by atoms with van der Waals surface area (Å²) in [5, 5.41) is 0. The van der Waals surface area contributed by atoms with Crippen LogP contribution in [-0.2, 0) is 13.0 Å². The zero-order chi connectivity index (χ0) is 14.1. The predicted octanol–water partition coefficient (Wildman–Crippen LogP) is 4.13. The molecule has 0 bridgehead atoms. The summed E-state index contributed by atoms with van der Waals surface area (Å²) in [4.78, 5) is 0. The Morgan fingerprint density at radius 3 is 2.50 bits per heavy atom. The van der Waals surface area contributed by atoms with Crippen LogP contribution in [0.2, 0.25) is 0 Å². The number of hydrogen-bond acceptors (Lipinski definition) is 2. The van der Waals surface area contributed by atoms with Gasteiger partial charge in [0.05, 0.1) is 6.61 Å². The molecule has 3 rings (SSSR count). The SMILES string of the molecule is Cc1c(C)c2c(c(C)c1OCc1ccccc1)CCO2. The molecule has 0 aliphatic carbocycles. The van der Waals surface area contributed by atoms with Gasteiger partial charge in [0.15, 0.2) is 0 Å². The summed E-state index contributed by atoms with van der Waals surface area (Å²) in [5.41, 5.74) is 6.15. The van der Waals surface area contributed by atoms with Crippen LogP contribution in [0.3, 0.4) is 0 Å². The van der Waals surface area contributed by atoms with Crippen LogP contribution in [0.15, 0.2) is 30.3 Å². The molecule has 104 valence electrons. The van der Waals surface area contributed by atoms with Gasteiger partial charge in [0.2, 0.25) is 0 Å². The predicted molar refractivity (Wildman–Crippen MR) is 80.6 cm³/mol. The second-order valence-corrected chi connectivity index (χ2v) is 5.38. The first-order valence-electron chi connectivity index (χ1n) is 7.10. The number of rotatable bonds is 3. The second kappa shape index (κ2) is 5.20. The van der Waals surface area contributed by atoms with Crippen LogP contribution in [-0.4, -0.2) is 6.61 Å². The van der Waals surface area contributed by atoms with Crippen molar-refractivity contribution in [2.45, 2.75) is 33.8 Å². The summed E-state index contributed by atoms with van der Waals surface area (Å²) < 4.78 is 11.9. The highest BCUT2D eigenvalue weighted by atomic mass is 16.5. The molecule has 0 aromatic heterocycles. The van der Waals surface area contributed by atoms with Gasteiger partial charge in [-0.3, -0.25) is 0 Å². The van der Waals surface area contributed by atoms with Gasteiger partial charge in [0.1, 0.15) is 18.1 Å². The molecule has 0 spiro atoms. The Morgan fingerprint density at radius 2 is 1.75 bits per heavy atom. The molecule has 20 heavy (non-hydrogen) atoms. The number of benzene rings is 2. The molecule has 0 fully saturated rings. The van der Waals surface area contributed by atoms with E-state index < -0.39 is 0 Å². The van der Waals surface area contributed by atoms with E-state index in [2.05, 4.69) is 32.9 Å². The van der Waals surface area contributed by atoms with E-state index in [1.165, 1.54) is 27.8 Å². The molecular formula is C18H20O2. The standard InChI is InChI=1S/C18H20O2/c1-12-13(2)18-16(9-10-19-18)14(3)17(12)20-11-15-7-5-4-6-8-15/h4-8H,9-11H2,1-3H3. The summed E-state index contributed by atoms with van der Waals surface area (Å²) >= 11 is 0. The highest BCUT2D eigenvalue weighted by molar-refractivity contribution is 5.59. The van der Waals surface area contributed by atoms with Crippen molar-refractivity contribution in [3.8, 4) is 11.5 Å². The third-order valence-corrected chi connectivity index (χ3v) is 4.14. The molecule has 0 radical (unpaired) electrons. The minimum absolute atomic E-state index is 0.613. The fraction of sp³-hybridized carbons (Fsp3) is 0.333. The van der Waals surface area contributed by atoms with Gasteiger partial charge in [-0.15, -0.1) is 0 Å². The van der Waals surface area contributed by atoms with Gasteiger partial charge in [-0.1, -0.05) is 30.3 Å². The molecule has 0 unspecified atom stereocenters. The van der Waals surface area contributed by atoms with Gasteiger partial charge in [0, 0.05) is 12.0 Å². The van der Waals surface area contributed by atoms with Gasteiger partial charge in [-0.25, -0.2) is 0 Å². The van der Waals surface area contributed by atoms with E-state index in [9.17, 15) is 0 Å². The van der Waals surface area contributed by atoms with Crippen LogP contribution in [0.5, 0.6) is 11.5 Å². The summed E-state index contributed by atoms with van der Waals surface area (Å²) in [6.07, 6.45) is 0.990. The van der Waals surface area contributed by atoms with Crippen LogP contribution >= 0.6 is 0 Å². The smallest absolute Gasteiger partial charge is 0.126 e. The Hall–Kier alpha value is -1.96. The van der Waals surface area contributed by atoms with Gasteiger partial charge in [-0.2, -0.15) is 0 Å². The molecule has 0 N–H and O–H groups in total. The van der Waals surface area contributed by atoms with E-state index in [1.807, 2.05) is 18.2 Å². The van der Waals surface area contributed by atoms with Crippen LogP contribution in [0, 0.1) is 20.8 Å². The van der Waals surface area contributed by atoms with E-state index in [1.54, 1.807) is 0 Å². The second-order valence-electron chi connectivity index (χ2n) is 5.38. The average molecular weight is 268 g/mol. The van der Waals surface area contributed by atoms with Crippen molar-refractivity contribution in [3.63, 3.8) is 0 Å². The topological polar surface area (TPSA) is 18.5 Å². The van der Waals surface area contributed by atoms with Gasteiger partial charge in [-0.05, 0) is 43.0 Å². The van der Waals surface area contributed by atoms with E-state index in [0.717, 1.165) is 24.5 Å². The molecule has 0 atom stereocenters. The van der Waals surface area contributed by atoms with Crippen LogP contribution in [0.1, 0.15) is 27.8 Å². The molecule has 1 heterocycles. The van der Waals surface area contributed by atoms with Gasteiger partial charge < -0.3 is 9.47 Å². The maximum atomic E-state index is 6.10. The van der Waals surface area contributed by atoms with Crippen LogP contribution < -0.4 is 9.47 Å². The van der Waals surface area contributed by atoms with Gasteiger partial charge >= 0.3 is 0 Å². The quantitative estimate of drug-likeness (QED) is 0.833. The summed E-state index contributed by atoms with van der Waals surface area (Å²) in [6.45, 7) is 7.78. The zero-order valence-corrected chi connectivity index (χ0v) is 12.3. The minimum Gasteiger partial charge on any atom is -0.493 e. The van der Waals surface area contributed by atoms with Crippen molar-refractivity contribution in [2.75, 3.05) is 6.61 Å². The highest BCUT2D eigenvalue weighted by Gasteiger charge is 2.23. The molecule has 1 aliphatic rings. The summed E-state index contributed by atoms with van der Waals surface area (Å²) in [6, 6.07) is 10.3. The fourth-order valence-electron chi connectivity index (χ4n) is 2.85. The first-order chi connectivity index (χ1) is 9.68. The maximum Gasteiger partial charge on any atom is 0.126 e. The normalized spacial score (nSPS) is 12.9. The third kappa shape index (κ3) is 2.15. The lowest BCUT2D eigenvalue weighted by atomic mass is 9.97. The Kier molecular flexibility index (Phi) is 3.39. The molecule has 0 saturated heterocycles. The number of ether oxygens (including phenoxy) is 2. The van der Waals surface area contributed by atoms with E-state index in [-0.39, 0.29) is 0 Å². The van der Waals surface area contributed by atoms with Crippen molar-refractivity contribution < 1.29 is 9.47 Å². The summed E-state index contributed by atoms with van der Waals surface area (Å²) in [7, 11) is 0. The molecular weight excluding hydrogens is 248 g/mol. The monoisotopic (exact) mass is 268 g/mol. The molecule has 2 nitrogen and oxygen atoms in total. The zero-order valence-electron chi connectivity index (χ0n) is 12.3. The van der Waals surface area contributed by atoms with Gasteiger partial charge in [0.25, 0.3) is 0 Å². The lowest BCUT2D eigenvalue weighted by Gasteiger charge is -2.18. The fourth-order valence-corrected chi connectivity index (χ4v) is 2.85. The first kappa shape index (κ1) is 13.0. The molecule has 2 aromatic rings. The van der Waals surface area contributed by atoms with E-state index >= 15 is 0 Å². The maximum absolute atomic E-state index is 6.10. The minimum atomic E-state index is 0.613. The largest absolute Gasteiger partial charge is 0.493 e. The Bertz CT molecular complexity index is 630. The number of hydrogen-bond donors (Lipinski definition) is 0. The molecule has 0 amide bonds. The van der Waals surface area contributed by atoms with Crippen LogP contribution in [0.25, 0.3) is 0 Å². The van der Waals surface area contributed by atoms with Crippen molar-refractivity contribution >= 4 is 0 Å². The third-order valence-electron chi connectivity index (χ3n) is 4.14. The molecule has 1 aliphatic heterocycles. The Labute approximate surface area is 120 Å². The lowest BCUT2D eigenvalue weighted by molar-refractivity contribution is 0.301. The van der Waals surface area contributed by atoms with Crippen molar-refractivity contribution in [1.82, 2.24) is 0 Å². The van der Waals surface area contributed by atoms with Crippen LogP contribution in [0.4, 0.5) is 0 Å². The van der Waals surface area contributed by atoms with Crippen molar-refractivity contribution in [2.24, 2.45) is 0 Å². The lowest BCUT2D eigenvalue weighted by Crippen LogP contribution is -2.02. The molecule has 2 aromatic carbocycles. The Balaban J connectivity index is 1.92. The first-order valence-corrected chi connectivity index (χ1v) is 7.10.